The number of allylic oxidation sites excluding steroid dienone is 4. The highest BCUT2D eigenvalue weighted by atomic mass is 15.1. The van der Waals surface area contributed by atoms with Crippen LogP contribution in [0.5, 0.6) is 0 Å². The van der Waals surface area contributed by atoms with Crippen molar-refractivity contribution in [2.24, 2.45) is 0 Å². The number of fused-ring (bicyclic) bond motifs is 3. The average Bonchev–Trinajstić information content (AvgIpc) is 3.19. The highest BCUT2D eigenvalue weighted by Gasteiger charge is 2.17. The fraction of sp³-hybridized carbons (Fsp3) is 0.0204. The first-order valence-electron chi connectivity index (χ1n) is 17.3. The summed E-state index contributed by atoms with van der Waals surface area (Å²) in [5, 5.41) is 7.39. The Balaban J connectivity index is 1.14. The topological polar surface area (TPSA) is 6.48 Å². The van der Waals surface area contributed by atoms with Gasteiger partial charge in [0.15, 0.2) is 0 Å². The van der Waals surface area contributed by atoms with Crippen molar-refractivity contribution < 1.29 is 0 Å². The average molecular weight is 655 g/mol. The predicted molar refractivity (Wildman–Crippen MR) is 222 cm³/mol. The third-order valence-electron chi connectivity index (χ3n) is 9.78. The molecule has 0 amide bonds. The number of nitrogens with zero attached hydrogens (tertiary/aromatic N) is 2. The summed E-state index contributed by atoms with van der Waals surface area (Å²) >= 11 is 0. The Kier molecular flexibility index (Phi) is 8.49. The van der Waals surface area contributed by atoms with E-state index in [0.29, 0.717) is 0 Å². The number of hydrogen-bond acceptors (Lipinski definition) is 2. The summed E-state index contributed by atoms with van der Waals surface area (Å²) < 4.78 is 0. The lowest BCUT2D eigenvalue weighted by Crippen LogP contribution is -2.10. The first-order chi connectivity index (χ1) is 25.1. The van der Waals surface area contributed by atoms with E-state index in [4.69, 9.17) is 0 Å². The molecule has 0 aliphatic heterocycles. The summed E-state index contributed by atoms with van der Waals surface area (Å²) in [7, 11) is 2.17. The van der Waals surface area contributed by atoms with Gasteiger partial charge < -0.3 is 9.80 Å². The zero-order valence-electron chi connectivity index (χ0n) is 28.7. The molecule has 0 unspecified atom stereocenters. The van der Waals surface area contributed by atoms with Crippen LogP contribution in [0.25, 0.3) is 49.0 Å². The van der Waals surface area contributed by atoms with E-state index in [1.54, 1.807) is 6.08 Å². The van der Waals surface area contributed by atoms with Crippen molar-refractivity contribution in [1.82, 2.24) is 0 Å². The number of benzene rings is 8. The zero-order chi connectivity index (χ0) is 34.7. The largest absolute Gasteiger partial charge is 0.344 e. The highest BCUT2D eigenvalue weighted by Crippen LogP contribution is 2.41. The van der Waals surface area contributed by atoms with Crippen LogP contribution in [-0.4, -0.2) is 7.05 Å². The maximum Gasteiger partial charge on any atom is 0.0567 e. The first kappa shape index (κ1) is 31.6. The van der Waals surface area contributed by atoms with E-state index in [1.165, 1.54) is 49.1 Å². The summed E-state index contributed by atoms with van der Waals surface area (Å²) in [6.07, 6.45) is 5.65. The fourth-order valence-corrected chi connectivity index (χ4v) is 7.20. The molecular weight excluding hydrogens is 617 g/mol. The Morgan fingerprint density at radius 1 is 0.490 bits per heavy atom. The molecule has 0 bridgehead atoms. The van der Waals surface area contributed by atoms with Gasteiger partial charge in [-0.25, -0.2) is 0 Å². The molecule has 0 aliphatic rings. The summed E-state index contributed by atoms with van der Waals surface area (Å²) in [4.78, 5) is 4.66. The van der Waals surface area contributed by atoms with Crippen LogP contribution in [0.15, 0.2) is 201 Å². The van der Waals surface area contributed by atoms with Gasteiger partial charge in [0.25, 0.3) is 0 Å². The molecule has 0 atom stereocenters. The van der Waals surface area contributed by atoms with Gasteiger partial charge in [-0.1, -0.05) is 153 Å². The van der Waals surface area contributed by atoms with E-state index in [9.17, 15) is 0 Å². The molecule has 0 aromatic heterocycles. The molecule has 8 aromatic rings. The fourth-order valence-electron chi connectivity index (χ4n) is 7.20. The minimum atomic E-state index is 1.04. The van der Waals surface area contributed by atoms with Crippen LogP contribution in [0.2, 0.25) is 0 Å². The van der Waals surface area contributed by atoms with Crippen molar-refractivity contribution >= 4 is 66.3 Å². The number of hydrogen-bond donors (Lipinski definition) is 0. The van der Waals surface area contributed by atoms with E-state index >= 15 is 0 Å². The summed E-state index contributed by atoms with van der Waals surface area (Å²) in [5.41, 5.74) is 10.2. The minimum Gasteiger partial charge on any atom is -0.344 e. The van der Waals surface area contributed by atoms with Crippen LogP contribution in [0.1, 0.15) is 5.56 Å². The standard InChI is InChI=1S/C49H38N2/c1-4-13-35(5-2)36-24-30-43(31-25-36)51(48-21-12-17-39-14-6-9-18-45(39)48)44-32-26-38(27-33-44)37-22-28-42(29-23-37)50(3)49-46-19-10-7-15-40(46)34-41-16-8-11-20-47(41)49/h4-34H,1-2H2,3H3/b35-13+. The quantitative estimate of drug-likeness (QED) is 0.113. The molecule has 0 fully saturated rings. The molecule has 0 N–H and O–H groups in total. The highest BCUT2D eigenvalue weighted by molar-refractivity contribution is 6.12. The van der Waals surface area contributed by atoms with E-state index in [0.717, 1.165) is 33.9 Å². The van der Waals surface area contributed by atoms with E-state index < -0.39 is 0 Å². The maximum atomic E-state index is 4.00. The number of rotatable bonds is 9. The van der Waals surface area contributed by atoms with Crippen molar-refractivity contribution in [2.45, 2.75) is 0 Å². The minimum absolute atomic E-state index is 1.04. The molecule has 244 valence electrons. The molecule has 0 saturated heterocycles. The van der Waals surface area contributed by atoms with Gasteiger partial charge in [-0.3, -0.25) is 0 Å². The second-order valence-electron chi connectivity index (χ2n) is 12.8. The second kappa shape index (κ2) is 13.7. The van der Waals surface area contributed by atoms with Gasteiger partial charge >= 0.3 is 0 Å². The van der Waals surface area contributed by atoms with Crippen LogP contribution < -0.4 is 9.80 Å². The summed E-state index contributed by atoms with van der Waals surface area (Å²) in [6, 6.07) is 61.1. The first-order valence-corrected chi connectivity index (χ1v) is 17.3. The molecule has 0 radical (unpaired) electrons. The van der Waals surface area contributed by atoms with E-state index in [-0.39, 0.29) is 0 Å². The van der Waals surface area contributed by atoms with Crippen LogP contribution in [0.4, 0.5) is 28.4 Å². The molecular formula is C49H38N2. The Labute approximate surface area is 300 Å². The molecule has 0 heterocycles. The Morgan fingerprint density at radius 2 is 0.980 bits per heavy atom. The van der Waals surface area contributed by atoms with E-state index in [2.05, 4.69) is 200 Å². The SMILES string of the molecule is C=C/C=C(\C=C)c1ccc(N(c2ccc(-c3ccc(N(C)c4c5ccccc5cc5ccccc45)cc3)cc2)c2cccc3ccccc23)cc1. The third kappa shape index (κ3) is 5.98. The van der Waals surface area contributed by atoms with Gasteiger partial charge in [0, 0.05) is 40.3 Å². The van der Waals surface area contributed by atoms with Gasteiger partial charge in [-0.05, 0) is 87.0 Å². The monoisotopic (exact) mass is 654 g/mol. The van der Waals surface area contributed by atoms with Gasteiger partial charge in [0.05, 0.1) is 11.4 Å². The molecule has 8 aromatic carbocycles. The van der Waals surface area contributed by atoms with Crippen molar-refractivity contribution in [3.05, 3.63) is 207 Å². The van der Waals surface area contributed by atoms with Crippen LogP contribution >= 0.6 is 0 Å². The van der Waals surface area contributed by atoms with E-state index in [1.807, 2.05) is 12.2 Å². The van der Waals surface area contributed by atoms with Crippen molar-refractivity contribution in [3.8, 4) is 11.1 Å². The molecule has 51 heavy (non-hydrogen) atoms. The van der Waals surface area contributed by atoms with Crippen LogP contribution in [-0.2, 0) is 0 Å². The molecule has 0 saturated carbocycles. The zero-order valence-corrected chi connectivity index (χ0v) is 28.7. The van der Waals surface area contributed by atoms with Gasteiger partial charge in [-0.15, -0.1) is 0 Å². The second-order valence-corrected chi connectivity index (χ2v) is 12.8. The maximum absolute atomic E-state index is 4.00. The molecule has 0 spiro atoms. The Morgan fingerprint density at radius 3 is 1.55 bits per heavy atom. The molecule has 0 aliphatic carbocycles. The normalized spacial score (nSPS) is 11.5. The Bertz CT molecular complexity index is 2500. The summed E-state index contributed by atoms with van der Waals surface area (Å²) in [5.74, 6) is 0. The van der Waals surface area contributed by atoms with Crippen LogP contribution in [0.3, 0.4) is 0 Å². The lowest BCUT2D eigenvalue weighted by atomic mass is 9.99. The molecule has 2 heteroatoms. The van der Waals surface area contributed by atoms with Gasteiger partial charge in [0.2, 0.25) is 0 Å². The van der Waals surface area contributed by atoms with Crippen molar-refractivity contribution in [3.63, 3.8) is 0 Å². The van der Waals surface area contributed by atoms with Gasteiger partial charge in [-0.2, -0.15) is 0 Å². The molecule has 2 nitrogen and oxygen atoms in total. The predicted octanol–water partition coefficient (Wildman–Crippen LogP) is 13.8. The lowest BCUT2D eigenvalue weighted by Gasteiger charge is -2.27. The van der Waals surface area contributed by atoms with Gasteiger partial charge in [0.1, 0.15) is 0 Å². The lowest BCUT2D eigenvalue weighted by molar-refractivity contribution is 1.23. The number of anilines is 5. The van der Waals surface area contributed by atoms with Crippen molar-refractivity contribution in [1.29, 1.82) is 0 Å². The molecule has 8 rings (SSSR count). The summed E-state index contributed by atoms with van der Waals surface area (Å²) in [6.45, 7) is 7.86. The smallest absolute Gasteiger partial charge is 0.0567 e. The van der Waals surface area contributed by atoms with Crippen LogP contribution in [0, 0.1) is 0 Å². The Hall–Kier alpha value is -6.64. The van der Waals surface area contributed by atoms with Crippen molar-refractivity contribution in [2.75, 3.05) is 16.8 Å². The third-order valence-corrected chi connectivity index (χ3v) is 9.78.